The standard InChI is InChI=1S/C10H6BrClN2/c11-10-5-9(12)8(6-14-10)7-1-3-13-4-2-7/h1-6H. The third-order valence-electron chi connectivity index (χ3n) is 1.81. The number of nitrogens with zero attached hydrogens (tertiary/aromatic N) is 2. The molecular formula is C10H6BrClN2. The van der Waals surface area contributed by atoms with Crippen LogP contribution in [0, 0.1) is 0 Å². The van der Waals surface area contributed by atoms with Crippen LogP contribution in [0.3, 0.4) is 0 Å². The van der Waals surface area contributed by atoms with Crippen molar-refractivity contribution in [3.05, 3.63) is 46.4 Å². The topological polar surface area (TPSA) is 25.8 Å². The van der Waals surface area contributed by atoms with E-state index < -0.39 is 0 Å². The SMILES string of the molecule is Clc1cc(Br)ncc1-c1ccncc1. The van der Waals surface area contributed by atoms with Crippen LogP contribution in [0.2, 0.25) is 5.02 Å². The number of hydrogen-bond acceptors (Lipinski definition) is 2. The van der Waals surface area contributed by atoms with Gasteiger partial charge in [0.25, 0.3) is 0 Å². The van der Waals surface area contributed by atoms with Crippen molar-refractivity contribution in [1.29, 1.82) is 0 Å². The van der Waals surface area contributed by atoms with Crippen LogP contribution >= 0.6 is 27.5 Å². The van der Waals surface area contributed by atoms with Crippen molar-refractivity contribution in [3.8, 4) is 11.1 Å². The molecule has 0 N–H and O–H groups in total. The Morgan fingerprint density at radius 2 is 1.93 bits per heavy atom. The van der Waals surface area contributed by atoms with E-state index in [2.05, 4.69) is 25.9 Å². The number of rotatable bonds is 1. The van der Waals surface area contributed by atoms with Crippen molar-refractivity contribution in [2.75, 3.05) is 0 Å². The minimum absolute atomic E-state index is 0.679. The van der Waals surface area contributed by atoms with E-state index in [1.807, 2.05) is 12.1 Å². The van der Waals surface area contributed by atoms with E-state index in [0.29, 0.717) is 5.02 Å². The highest BCUT2D eigenvalue weighted by atomic mass is 79.9. The molecule has 0 fully saturated rings. The van der Waals surface area contributed by atoms with E-state index in [0.717, 1.165) is 15.7 Å². The van der Waals surface area contributed by atoms with Crippen LogP contribution in [0.25, 0.3) is 11.1 Å². The van der Waals surface area contributed by atoms with Gasteiger partial charge in [0.15, 0.2) is 0 Å². The molecule has 14 heavy (non-hydrogen) atoms. The molecule has 0 aliphatic carbocycles. The maximum atomic E-state index is 6.07. The van der Waals surface area contributed by atoms with Crippen LogP contribution in [-0.2, 0) is 0 Å². The van der Waals surface area contributed by atoms with Crippen molar-refractivity contribution < 1.29 is 0 Å². The van der Waals surface area contributed by atoms with Gasteiger partial charge in [0.1, 0.15) is 4.60 Å². The average molecular weight is 270 g/mol. The van der Waals surface area contributed by atoms with Crippen molar-refractivity contribution in [2.45, 2.75) is 0 Å². The lowest BCUT2D eigenvalue weighted by Crippen LogP contribution is -1.83. The van der Waals surface area contributed by atoms with Gasteiger partial charge in [-0.3, -0.25) is 4.98 Å². The second kappa shape index (κ2) is 4.07. The van der Waals surface area contributed by atoms with Gasteiger partial charge < -0.3 is 0 Å². The summed E-state index contributed by atoms with van der Waals surface area (Å²) < 4.78 is 0.736. The van der Waals surface area contributed by atoms with Crippen LogP contribution in [0.15, 0.2) is 41.4 Å². The Balaban J connectivity index is 2.53. The molecular weight excluding hydrogens is 263 g/mol. The van der Waals surface area contributed by atoms with Crippen LogP contribution in [0.5, 0.6) is 0 Å². The molecule has 0 amide bonds. The third kappa shape index (κ3) is 1.94. The number of aromatic nitrogens is 2. The first-order valence-corrected chi connectivity index (χ1v) is 5.16. The fourth-order valence-electron chi connectivity index (χ4n) is 1.15. The minimum atomic E-state index is 0.679. The van der Waals surface area contributed by atoms with E-state index in [9.17, 15) is 0 Å². The van der Waals surface area contributed by atoms with Crippen LogP contribution in [0.4, 0.5) is 0 Å². The van der Waals surface area contributed by atoms with Gasteiger partial charge in [-0.1, -0.05) is 11.6 Å². The first-order chi connectivity index (χ1) is 6.77. The van der Waals surface area contributed by atoms with Crippen molar-refractivity contribution in [3.63, 3.8) is 0 Å². The van der Waals surface area contributed by atoms with E-state index in [1.54, 1.807) is 24.7 Å². The summed E-state index contributed by atoms with van der Waals surface area (Å²) in [7, 11) is 0. The quantitative estimate of drug-likeness (QED) is 0.740. The van der Waals surface area contributed by atoms with E-state index in [4.69, 9.17) is 11.6 Å². The van der Waals surface area contributed by atoms with Crippen LogP contribution in [0.1, 0.15) is 0 Å². The molecule has 0 spiro atoms. The summed E-state index contributed by atoms with van der Waals surface area (Å²) in [5.41, 5.74) is 1.93. The molecule has 0 bridgehead atoms. The van der Waals surface area contributed by atoms with Crippen molar-refractivity contribution in [1.82, 2.24) is 9.97 Å². The average Bonchev–Trinajstić information content (AvgIpc) is 2.19. The molecule has 0 aliphatic rings. The number of hydrogen-bond donors (Lipinski definition) is 0. The van der Waals surface area contributed by atoms with Gasteiger partial charge in [-0.25, -0.2) is 4.98 Å². The fourth-order valence-corrected chi connectivity index (χ4v) is 1.88. The van der Waals surface area contributed by atoms with E-state index >= 15 is 0 Å². The Kier molecular flexibility index (Phi) is 2.79. The van der Waals surface area contributed by atoms with Gasteiger partial charge in [0, 0.05) is 24.2 Å². The van der Waals surface area contributed by atoms with Crippen LogP contribution in [-0.4, -0.2) is 9.97 Å². The molecule has 2 nitrogen and oxygen atoms in total. The molecule has 2 aromatic heterocycles. The zero-order chi connectivity index (χ0) is 9.97. The predicted molar refractivity (Wildman–Crippen MR) is 60.2 cm³/mol. The monoisotopic (exact) mass is 268 g/mol. The highest BCUT2D eigenvalue weighted by molar-refractivity contribution is 9.10. The van der Waals surface area contributed by atoms with Gasteiger partial charge in [-0.05, 0) is 39.7 Å². The summed E-state index contributed by atoms with van der Waals surface area (Å²) in [6.45, 7) is 0. The van der Waals surface area contributed by atoms with Gasteiger partial charge >= 0.3 is 0 Å². The van der Waals surface area contributed by atoms with Gasteiger partial charge in [0.2, 0.25) is 0 Å². The zero-order valence-electron chi connectivity index (χ0n) is 7.11. The molecule has 0 saturated heterocycles. The molecule has 70 valence electrons. The zero-order valence-corrected chi connectivity index (χ0v) is 9.46. The normalized spacial score (nSPS) is 10.1. The molecule has 2 heterocycles. The molecule has 0 aromatic carbocycles. The first kappa shape index (κ1) is 9.62. The Bertz CT molecular complexity index is 445. The highest BCUT2D eigenvalue weighted by Crippen LogP contribution is 2.28. The number of pyridine rings is 2. The summed E-state index contributed by atoms with van der Waals surface area (Å²) in [4.78, 5) is 8.07. The Morgan fingerprint density at radius 1 is 1.21 bits per heavy atom. The molecule has 0 atom stereocenters. The first-order valence-electron chi connectivity index (χ1n) is 3.99. The van der Waals surface area contributed by atoms with Crippen molar-refractivity contribution >= 4 is 27.5 Å². The molecule has 4 heteroatoms. The van der Waals surface area contributed by atoms with Crippen LogP contribution < -0.4 is 0 Å². The van der Waals surface area contributed by atoms with Gasteiger partial charge in [0.05, 0.1) is 5.02 Å². The van der Waals surface area contributed by atoms with E-state index in [-0.39, 0.29) is 0 Å². The maximum absolute atomic E-state index is 6.07. The molecule has 0 radical (unpaired) electrons. The second-order valence-corrected chi connectivity index (χ2v) is 3.94. The van der Waals surface area contributed by atoms with Gasteiger partial charge in [-0.2, -0.15) is 0 Å². The Hall–Kier alpha value is -0.930. The van der Waals surface area contributed by atoms with Gasteiger partial charge in [-0.15, -0.1) is 0 Å². The summed E-state index contributed by atoms with van der Waals surface area (Å²) in [5.74, 6) is 0. The Labute approximate surface area is 95.1 Å². The summed E-state index contributed by atoms with van der Waals surface area (Å²) in [6.07, 6.45) is 5.20. The molecule has 2 rings (SSSR count). The smallest absolute Gasteiger partial charge is 0.107 e. The molecule has 0 saturated carbocycles. The molecule has 0 aliphatic heterocycles. The summed E-state index contributed by atoms with van der Waals surface area (Å²) in [5, 5.41) is 0.679. The lowest BCUT2D eigenvalue weighted by atomic mass is 10.1. The molecule has 2 aromatic rings. The minimum Gasteiger partial charge on any atom is -0.265 e. The second-order valence-electron chi connectivity index (χ2n) is 2.72. The lowest BCUT2D eigenvalue weighted by Gasteiger charge is -2.03. The predicted octanol–water partition coefficient (Wildman–Crippen LogP) is 3.56. The fraction of sp³-hybridized carbons (Fsp3) is 0. The van der Waals surface area contributed by atoms with E-state index in [1.165, 1.54) is 0 Å². The molecule has 0 unspecified atom stereocenters. The summed E-state index contributed by atoms with van der Waals surface area (Å²) in [6, 6.07) is 5.57. The largest absolute Gasteiger partial charge is 0.265 e. The number of halogens is 2. The maximum Gasteiger partial charge on any atom is 0.107 e. The third-order valence-corrected chi connectivity index (χ3v) is 2.56. The summed E-state index contributed by atoms with van der Waals surface area (Å²) >= 11 is 9.33. The van der Waals surface area contributed by atoms with Crippen molar-refractivity contribution in [2.24, 2.45) is 0 Å². The Morgan fingerprint density at radius 3 is 2.57 bits per heavy atom. The highest BCUT2D eigenvalue weighted by Gasteiger charge is 2.03. The lowest BCUT2D eigenvalue weighted by molar-refractivity contribution is 1.27.